The van der Waals surface area contributed by atoms with Crippen LogP contribution in [0.4, 0.5) is 5.13 Å². The molecule has 0 amide bonds. The Balaban J connectivity index is 2.40. The second-order valence-electron chi connectivity index (χ2n) is 4.38. The zero-order valence-electron chi connectivity index (χ0n) is 11.5. The molecule has 0 aliphatic rings. The molecule has 21 heavy (non-hydrogen) atoms. The molecule has 2 N–H and O–H groups in total. The molecular weight excluding hydrogens is 312 g/mol. The van der Waals surface area contributed by atoms with E-state index in [0.717, 1.165) is 0 Å². The number of thiazole rings is 1. The molecule has 0 unspecified atom stereocenters. The number of rotatable bonds is 5. The van der Waals surface area contributed by atoms with Crippen molar-refractivity contribution in [2.24, 2.45) is 0 Å². The summed E-state index contributed by atoms with van der Waals surface area (Å²) in [4.78, 5) is 15.1. The number of aryl methyl sites for hydroxylation is 2. The van der Waals surface area contributed by atoms with E-state index in [0.29, 0.717) is 17.7 Å². The summed E-state index contributed by atoms with van der Waals surface area (Å²) in [5.41, 5.74) is 1.30. The van der Waals surface area contributed by atoms with E-state index in [1.807, 2.05) is 6.92 Å². The average molecular weight is 326 g/mol. The molecule has 0 spiro atoms. The number of aromatic carboxylic acids is 1. The van der Waals surface area contributed by atoms with E-state index in [2.05, 4.69) is 9.71 Å². The zero-order chi connectivity index (χ0) is 15.6. The standard InChI is InChI=1S/C13H14N2O4S2/c1-3-9-4-5-10(6-11(9)12(16)17)21(18,19)15-13-14-8(2)7-20-13/h4-7H,3H2,1-2H3,(H,14,15)(H,16,17). The Morgan fingerprint density at radius 1 is 1.43 bits per heavy atom. The highest BCUT2D eigenvalue weighted by Crippen LogP contribution is 2.22. The van der Waals surface area contributed by atoms with Crippen LogP contribution in [0, 0.1) is 6.92 Å². The first-order valence-corrected chi connectivity index (χ1v) is 8.51. The van der Waals surface area contributed by atoms with Crippen LogP contribution in [-0.4, -0.2) is 24.5 Å². The van der Waals surface area contributed by atoms with Crippen molar-refractivity contribution in [1.82, 2.24) is 4.98 Å². The maximum atomic E-state index is 12.2. The quantitative estimate of drug-likeness (QED) is 0.880. The number of carboxylic acid groups (broad SMARTS) is 1. The largest absolute Gasteiger partial charge is 0.478 e. The summed E-state index contributed by atoms with van der Waals surface area (Å²) in [5, 5.41) is 11.1. The predicted octanol–water partition coefficient (Wildman–Crippen LogP) is 2.51. The van der Waals surface area contributed by atoms with Gasteiger partial charge in [0.2, 0.25) is 0 Å². The highest BCUT2D eigenvalue weighted by atomic mass is 32.2. The van der Waals surface area contributed by atoms with Crippen molar-refractivity contribution in [3.8, 4) is 0 Å². The first kappa shape index (κ1) is 15.5. The van der Waals surface area contributed by atoms with Crippen LogP contribution in [0.1, 0.15) is 28.5 Å². The maximum absolute atomic E-state index is 12.2. The lowest BCUT2D eigenvalue weighted by Gasteiger charge is -2.08. The molecule has 2 aromatic rings. The summed E-state index contributed by atoms with van der Waals surface area (Å²) in [6, 6.07) is 4.09. The van der Waals surface area contributed by atoms with E-state index in [9.17, 15) is 13.2 Å². The Kier molecular flexibility index (Phi) is 4.29. The van der Waals surface area contributed by atoms with Crippen molar-refractivity contribution in [1.29, 1.82) is 0 Å². The molecule has 8 heteroatoms. The summed E-state index contributed by atoms with van der Waals surface area (Å²) in [6.07, 6.45) is 0.515. The van der Waals surface area contributed by atoms with Crippen LogP contribution < -0.4 is 4.72 Å². The van der Waals surface area contributed by atoms with Gasteiger partial charge in [-0.2, -0.15) is 0 Å². The first-order valence-electron chi connectivity index (χ1n) is 6.14. The van der Waals surface area contributed by atoms with Crippen LogP contribution in [-0.2, 0) is 16.4 Å². The molecular formula is C13H14N2O4S2. The average Bonchev–Trinajstić information content (AvgIpc) is 2.82. The van der Waals surface area contributed by atoms with Crippen LogP contribution in [0.25, 0.3) is 0 Å². The third-order valence-corrected chi connectivity index (χ3v) is 5.19. The van der Waals surface area contributed by atoms with Crippen LogP contribution in [0.2, 0.25) is 0 Å². The lowest BCUT2D eigenvalue weighted by atomic mass is 10.1. The molecule has 1 aromatic heterocycles. The number of carbonyl (C=O) groups is 1. The molecule has 6 nitrogen and oxygen atoms in total. The van der Waals surface area contributed by atoms with E-state index < -0.39 is 16.0 Å². The molecule has 1 heterocycles. The van der Waals surface area contributed by atoms with Gasteiger partial charge in [-0.15, -0.1) is 11.3 Å². The molecule has 1 aromatic carbocycles. The Morgan fingerprint density at radius 3 is 2.67 bits per heavy atom. The maximum Gasteiger partial charge on any atom is 0.336 e. The van der Waals surface area contributed by atoms with Gasteiger partial charge < -0.3 is 5.11 Å². The van der Waals surface area contributed by atoms with Crippen molar-refractivity contribution < 1.29 is 18.3 Å². The van der Waals surface area contributed by atoms with Crippen molar-refractivity contribution in [3.63, 3.8) is 0 Å². The molecule has 0 radical (unpaired) electrons. The van der Waals surface area contributed by atoms with E-state index in [1.54, 1.807) is 12.3 Å². The van der Waals surface area contributed by atoms with Crippen LogP contribution in [0.5, 0.6) is 0 Å². The van der Waals surface area contributed by atoms with Gasteiger partial charge in [-0.05, 0) is 31.0 Å². The number of nitrogens with zero attached hydrogens (tertiary/aromatic N) is 1. The number of carboxylic acids is 1. The minimum Gasteiger partial charge on any atom is -0.478 e. The lowest BCUT2D eigenvalue weighted by Crippen LogP contribution is -2.14. The van der Waals surface area contributed by atoms with Crippen molar-refractivity contribution >= 4 is 32.5 Å². The second kappa shape index (κ2) is 5.82. The summed E-state index contributed by atoms with van der Waals surface area (Å²) >= 11 is 1.17. The van der Waals surface area contributed by atoms with Gasteiger partial charge in [-0.25, -0.2) is 18.2 Å². The second-order valence-corrected chi connectivity index (χ2v) is 6.92. The van der Waals surface area contributed by atoms with Crippen molar-refractivity contribution in [2.45, 2.75) is 25.2 Å². The molecule has 0 saturated heterocycles. The number of aromatic nitrogens is 1. The third kappa shape index (κ3) is 3.40. The van der Waals surface area contributed by atoms with Crippen molar-refractivity contribution in [2.75, 3.05) is 4.72 Å². The number of sulfonamides is 1. The van der Waals surface area contributed by atoms with Gasteiger partial charge in [0.15, 0.2) is 5.13 Å². The van der Waals surface area contributed by atoms with Crippen LogP contribution >= 0.6 is 11.3 Å². The Hall–Kier alpha value is -1.93. The number of nitrogens with one attached hydrogen (secondary N) is 1. The highest BCUT2D eigenvalue weighted by Gasteiger charge is 2.19. The normalized spacial score (nSPS) is 11.3. The van der Waals surface area contributed by atoms with Gasteiger partial charge in [0.25, 0.3) is 10.0 Å². The number of anilines is 1. The third-order valence-electron chi connectivity index (χ3n) is 2.84. The smallest absolute Gasteiger partial charge is 0.336 e. The fourth-order valence-corrected chi connectivity index (χ4v) is 3.77. The molecule has 0 atom stereocenters. The monoisotopic (exact) mass is 326 g/mol. The summed E-state index contributed by atoms with van der Waals surface area (Å²) in [5.74, 6) is -1.14. The molecule has 0 saturated carbocycles. The number of hydrogen-bond donors (Lipinski definition) is 2. The molecule has 112 valence electrons. The van der Waals surface area contributed by atoms with Crippen LogP contribution in [0.15, 0.2) is 28.5 Å². The SMILES string of the molecule is CCc1ccc(S(=O)(=O)Nc2nc(C)cs2)cc1C(=O)O. The van der Waals surface area contributed by atoms with Gasteiger partial charge in [0, 0.05) is 5.38 Å². The molecule has 0 bridgehead atoms. The molecule has 0 aliphatic carbocycles. The van der Waals surface area contributed by atoms with Gasteiger partial charge in [-0.1, -0.05) is 13.0 Å². The topological polar surface area (TPSA) is 96.4 Å². The van der Waals surface area contributed by atoms with Gasteiger partial charge >= 0.3 is 5.97 Å². The Morgan fingerprint density at radius 2 is 2.14 bits per heavy atom. The first-order chi connectivity index (χ1) is 9.83. The lowest BCUT2D eigenvalue weighted by molar-refractivity contribution is 0.0695. The molecule has 0 fully saturated rings. The van der Waals surface area contributed by atoms with Gasteiger partial charge in [-0.3, -0.25) is 4.72 Å². The predicted molar refractivity (Wildman–Crippen MR) is 80.4 cm³/mol. The minimum atomic E-state index is -3.85. The Bertz CT molecular complexity index is 781. The zero-order valence-corrected chi connectivity index (χ0v) is 13.1. The van der Waals surface area contributed by atoms with E-state index in [1.165, 1.54) is 29.5 Å². The Labute approximate surface area is 126 Å². The van der Waals surface area contributed by atoms with E-state index in [-0.39, 0.29) is 15.6 Å². The minimum absolute atomic E-state index is 0.00399. The summed E-state index contributed by atoms with van der Waals surface area (Å²) < 4.78 is 26.8. The molecule has 2 rings (SSSR count). The number of hydrogen-bond acceptors (Lipinski definition) is 5. The van der Waals surface area contributed by atoms with Crippen LogP contribution in [0.3, 0.4) is 0 Å². The van der Waals surface area contributed by atoms with Gasteiger partial charge in [0.1, 0.15) is 0 Å². The summed E-state index contributed by atoms with van der Waals surface area (Å²) in [6.45, 7) is 3.57. The number of benzene rings is 1. The van der Waals surface area contributed by atoms with E-state index in [4.69, 9.17) is 5.11 Å². The fourth-order valence-electron chi connectivity index (χ4n) is 1.80. The molecule has 0 aliphatic heterocycles. The van der Waals surface area contributed by atoms with Crippen molar-refractivity contribution in [3.05, 3.63) is 40.4 Å². The highest BCUT2D eigenvalue weighted by molar-refractivity contribution is 7.93. The van der Waals surface area contributed by atoms with Gasteiger partial charge in [0.05, 0.1) is 16.2 Å². The fraction of sp³-hybridized carbons (Fsp3) is 0.231. The van der Waals surface area contributed by atoms with E-state index >= 15 is 0 Å². The summed E-state index contributed by atoms with van der Waals surface area (Å²) in [7, 11) is -3.85.